The fraction of sp³-hybridized carbons (Fsp3) is 0.250. The molecule has 0 unspecified atom stereocenters. The van der Waals surface area contributed by atoms with Gasteiger partial charge in [0.25, 0.3) is 0 Å². The van der Waals surface area contributed by atoms with E-state index in [1.54, 1.807) is 20.3 Å². The Kier molecular flexibility index (Phi) is 4.80. The van der Waals surface area contributed by atoms with Gasteiger partial charge in [-0.1, -0.05) is 6.07 Å². The highest BCUT2D eigenvalue weighted by Gasteiger charge is 2.17. The first-order valence-electron chi connectivity index (χ1n) is 7.98. The van der Waals surface area contributed by atoms with Gasteiger partial charge in [-0.2, -0.15) is 5.26 Å². The first-order valence-corrected chi connectivity index (χ1v) is 7.98. The van der Waals surface area contributed by atoms with E-state index in [-0.39, 0.29) is 0 Å². The average Bonchev–Trinajstić information content (AvgIpc) is 2.65. The fourth-order valence-electron chi connectivity index (χ4n) is 2.89. The van der Waals surface area contributed by atoms with Crippen LogP contribution >= 0.6 is 0 Å². The van der Waals surface area contributed by atoms with Gasteiger partial charge in [0, 0.05) is 19.2 Å². The standard InChI is InChI=1S/C20H20N2O3/c1-22-8-9-25-20-12-14(4-5-19(20)22)18(6-7-21)15-10-16(23-2)13-17(11-15)24-3/h4-6,10-13H,8-9H2,1-3H3. The van der Waals surface area contributed by atoms with Crippen LogP contribution in [0, 0.1) is 11.3 Å². The highest BCUT2D eigenvalue weighted by atomic mass is 16.5. The van der Waals surface area contributed by atoms with E-state index < -0.39 is 0 Å². The average molecular weight is 336 g/mol. The summed E-state index contributed by atoms with van der Waals surface area (Å²) >= 11 is 0. The number of hydrogen-bond acceptors (Lipinski definition) is 5. The summed E-state index contributed by atoms with van der Waals surface area (Å²) in [6, 6.07) is 13.7. The second-order valence-electron chi connectivity index (χ2n) is 5.74. The lowest BCUT2D eigenvalue weighted by atomic mass is 9.96. The van der Waals surface area contributed by atoms with E-state index in [4.69, 9.17) is 14.2 Å². The van der Waals surface area contributed by atoms with Crippen LogP contribution < -0.4 is 19.1 Å². The number of hydrogen-bond donors (Lipinski definition) is 0. The Morgan fingerprint density at radius 3 is 2.48 bits per heavy atom. The zero-order valence-corrected chi connectivity index (χ0v) is 14.6. The van der Waals surface area contributed by atoms with Crippen LogP contribution in [0.2, 0.25) is 0 Å². The summed E-state index contributed by atoms with van der Waals surface area (Å²) in [4.78, 5) is 2.16. The third-order valence-electron chi connectivity index (χ3n) is 4.24. The largest absolute Gasteiger partial charge is 0.497 e. The van der Waals surface area contributed by atoms with E-state index >= 15 is 0 Å². The van der Waals surface area contributed by atoms with Gasteiger partial charge in [-0.05, 0) is 41.0 Å². The smallest absolute Gasteiger partial charge is 0.143 e. The second kappa shape index (κ2) is 7.18. The molecule has 0 radical (unpaired) electrons. The van der Waals surface area contributed by atoms with Crippen LogP contribution in [0.1, 0.15) is 11.1 Å². The first kappa shape index (κ1) is 16.7. The van der Waals surface area contributed by atoms with Crippen LogP contribution in [0.4, 0.5) is 5.69 Å². The summed E-state index contributed by atoms with van der Waals surface area (Å²) in [5.74, 6) is 2.17. The maximum Gasteiger partial charge on any atom is 0.143 e. The van der Waals surface area contributed by atoms with Crippen molar-refractivity contribution in [2.24, 2.45) is 0 Å². The number of likely N-dealkylation sites (N-methyl/N-ethyl adjacent to an activating group) is 1. The van der Waals surface area contributed by atoms with E-state index in [9.17, 15) is 5.26 Å². The molecular formula is C20H20N2O3. The van der Waals surface area contributed by atoms with E-state index in [1.807, 2.05) is 37.4 Å². The van der Waals surface area contributed by atoms with Gasteiger partial charge in [0.1, 0.15) is 23.9 Å². The number of nitriles is 1. The maximum absolute atomic E-state index is 9.26. The quantitative estimate of drug-likeness (QED) is 0.800. The molecule has 0 saturated heterocycles. The number of rotatable bonds is 4. The molecule has 5 heteroatoms. The van der Waals surface area contributed by atoms with Crippen molar-refractivity contribution >= 4 is 11.3 Å². The lowest BCUT2D eigenvalue weighted by Crippen LogP contribution is -2.28. The summed E-state index contributed by atoms with van der Waals surface area (Å²) in [6.45, 7) is 1.51. The Hall–Kier alpha value is -3.13. The van der Waals surface area contributed by atoms with Crippen LogP contribution in [0.3, 0.4) is 0 Å². The number of allylic oxidation sites excluding steroid dienone is 1. The zero-order valence-electron chi connectivity index (χ0n) is 14.6. The highest BCUT2D eigenvalue weighted by Crippen LogP contribution is 2.36. The maximum atomic E-state index is 9.26. The van der Waals surface area contributed by atoms with Crippen molar-refractivity contribution < 1.29 is 14.2 Å². The lowest BCUT2D eigenvalue weighted by molar-refractivity contribution is 0.311. The highest BCUT2D eigenvalue weighted by molar-refractivity contribution is 5.84. The molecule has 3 rings (SSSR count). The summed E-state index contributed by atoms with van der Waals surface area (Å²) in [5.41, 5.74) is 3.60. The molecule has 0 fully saturated rings. The molecule has 0 atom stereocenters. The molecule has 0 bridgehead atoms. The molecule has 0 aromatic heterocycles. The monoisotopic (exact) mass is 336 g/mol. The van der Waals surface area contributed by atoms with E-state index in [0.717, 1.165) is 34.7 Å². The molecule has 0 aliphatic carbocycles. The Labute approximate surface area is 147 Å². The van der Waals surface area contributed by atoms with E-state index in [0.29, 0.717) is 18.1 Å². The number of benzene rings is 2. The number of ether oxygens (including phenoxy) is 3. The summed E-state index contributed by atoms with van der Waals surface area (Å²) in [6.07, 6.45) is 1.53. The van der Waals surface area contributed by atoms with Crippen molar-refractivity contribution in [2.75, 3.05) is 39.3 Å². The molecule has 1 aliphatic rings. The molecule has 128 valence electrons. The van der Waals surface area contributed by atoms with E-state index in [2.05, 4.69) is 11.0 Å². The van der Waals surface area contributed by atoms with Crippen molar-refractivity contribution in [1.82, 2.24) is 0 Å². The molecular weight excluding hydrogens is 316 g/mol. The summed E-state index contributed by atoms with van der Waals surface area (Å²) in [7, 11) is 5.25. The first-order chi connectivity index (χ1) is 12.2. The van der Waals surface area contributed by atoms with Crippen molar-refractivity contribution in [3.8, 4) is 23.3 Å². The Morgan fingerprint density at radius 1 is 1.12 bits per heavy atom. The summed E-state index contributed by atoms with van der Waals surface area (Å²) in [5, 5.41) is 9.26. The van der Waals surface area contributed by atoms with Gasteiger partial charge < -0.3 is 19.1 Å². The molecule has 0 spiro atoms. The Morgan fingerprint density at radius 2 is 1.84 bits per heavy atom. The predicted octanol–water partition coefficient (Wildman–Crippen LogP) is 3.49. The van der Waals surface area contributed by atoms with Gasteiger partial charge in [-0.25, -0.2) is 0 Å². The molecule has 0 saturated carbocycles. The second-order valence-corrected chi connectivity index (χ2v) is 5.74. The van der Waals surface area contributed by atoms with Gasteiger partial charge in [-0.3, -0.25) is 0 Å². The number of methoxy groups -OCH3 is 2. The van der Waals surface area contributed by atoms with Gasteiger partial charge in [0.2, 0.25) is 0 Å². The third kappa shape index (κ3) is 3.38. The fourth-order valence-corrected chi connectivity index (χ4v) is 2.89. The topological polar surface area (TPSA) is 54.7 Å². The minimum Gasteiger partial charge on any atom is -0.497 e. The van der Waals surface area contributed by atoms with Crippen molar-refractivity contribution in [1.29, 1.82) is 5.26 Å². The number of anilines is 1. The number of fused-ring (bicyclic) bond motifs is 1. The molecule has 2 aromatic rings. The molecule has 0 N–H and O–H groups in total. The third-order valence-corrected chi connectivity index (χ3v) is 4.24. The van der Waals surface area contributed by atoms with Crippen molar-refractivity contribution in [3.05, 3.63) is 53.6 Å². The zero-order chi connectivity index (χ0) is 17.8. The van der Waals surface area contributed by atoms with Crippen LogP contribution in [-0.4, -0.2) is 34.4 Å². The predicted molar refractivity (Wildman–Crippen MR) is 97.4 cm³/mol. The minimum atomic E-state index is 0.650. The van der Waals surface area contributed by atoms with Gasteiger partial charge in [0.15, 0.2) is 0 Å². The molecule has 1 aliphatic heterocycles. The molecule has 5 nitrogen and oxygen atoms in total. The Balaban J connectivity index is 2.09. The Bertz CT molecular complexity index is 830. The van der Waals surface area contributed by atoms with Gasteiger partial charge >= 0.3 is 0 Å². The van der Waals surface area contributed by atoms with Gasteiger partial charge in [0.05, 0.1) is 32.5 Å². The van der Waals surface area contributed by atoms with Gasteiger partial charge in [-0.15, -0.1) is 0 Å². The van der Waals surface area contributed by atoms with Crippen LogP contribution in [0.15, 0.2) is 42.5 Å². The molecule has 0 amide bonds. The van der Waals surface area contributed by atoms with E-state index in [1.165, 1.54) is 6.08 Å². The molecule has 25 heavy (non-hydrogen) atoms. The van der Waals surface area contributed by atoms with Crippen molar-refractivity contribution in [2.45, 2.75) is 0 Å². The number of nitrogens with zero attached hydrogens (tertiary/aromatic N) is 2. The van der Waals surface area contributed by atoms with Crippen LogP contribution in [-0.2, 0) is 0 Å². The van der Waals surface area contributed by atoms with Crippen molar-refractivity contribution in [3.63, 3.8) is 0 Å². The molecule has 1 heterocycles. The minimum absolute atomic E-state index is 0.650. The summed E-state index contributed by atoms with van der Waals surface area (Å²) < 4.78 is 16.5. The van der Waals surface area contributed by atoms with Crippen LogP contribution in [0.5, 0.6) is 17.2 Å². The van der Waals surface area contributed by atoms with Crippen LogP contribution in [0.25, 0.3) is 5.57 Å². The lowest BCUT2D eigenvalue weighted by Gasteiger charge is -2.28. The normalized spacial score (nSPS) is 13.5. The molecule has 2 aromatic carbocycles. The SMILES string of the molecule is COc1cc(OC)cc(C(=CC#N)c2ccc3c(c2)OCCN3C)c1.